The standard InChI is InChI=1S/C15H21BrF2N2O/c1-2-5-19-8-11-10-21-7-6-20(11)9-12-14(17)4-3-13(16)15(12)18/h3-4,11,19H,2,5-10H2,1H3. The Morgan fingerprint density at radius 2 is 2.24 bits per heavy atom. The number of rotatable bonds is 6. The second kappa shape index (κ2) is 8.17. The molecule has 1 aromatic rings. The monoisotopic (exact) mass is 362 g/mol. The maximum atomic E-state index is 14.1. The highest BCUT2D eigenvalue weighted by atomic mass is 79.9. The van der Waals surface area contributed by atoms with Crippen molar-refractivity contribution in [3.8, 4) is 0 Å². The van der Waals surface area contributed by atoms with Crippen LogP contribution in [0.5, 0.6) is 0 Å². The normalized spacial score (nSPS) is 19.9. The molecule has 21 heavy (non-hydrogen) atoms. The quantitative estimate of drug-likeness (QED) is 0.621. The Morgan fingerprint density at radius 1 is 1.43 bits per heavy atom. The average molecular weight is 363 g/mol. The summed E-state index contributed by atoms with van der Waals surface area (Å²) in [4.78, 5) is 2.08. The van der Waals surface area contributed by atoms with Gasteiger partial charge >= 0.3 is 0 Å². The number of nitrogens with zero attached hydrogens (tertiary/aromatic N) is 1. The van der Waals surface area contributed by atoms with E-state index >= 15 is 0 Å². The van der Waals surface area contributed by atoms with Gasteiger partial charge in [0.15, 0.2) is 0 Å². The highest BCUT2D eigenvalue weighted by Crippen LogP contribution is 2.24. The Kier molecular flexibility index (Phi) is 6.54. The second-order valence-electron chi connectivity index (χ2n) is 5.23. The molecule has 1 fully saturated rings. The van der Waals surface area contributed by atoms with E-state index in [2.05, 4.69) is 33.1 Å². The molecule has 1 N–H and O–H groups in total. The van der Waals surface area contributed by atoms with Crippen molar-refractivity contribution in [2.24, 2.45) is 0 Å². The summed E-state index contributed by atoms with van der Waals surface area (Å²) in [6.45, 7) is 5.95. The SMILES string of the molecule is CCCNCC1COCCN1Cc1c(F)ccc(Br)c1F. The number of ether oxygens (including phenoxy) is 1. The zero-order valence-electron chi connectivity index (χ0n) is 12.2. The van der Waals surface area contributed by atoms with E-state index in [9.17, 15) is 8.78 Å². The summed E-state index contributed by atoms with van der Waals surface area (Å²) in [5.74, 6) is -1.01. The van der Waals surface area contributed by atoms with Gasteiger partial charge in [-0.05, 0) is 41.0 Å². The molecule has 0 saturated carbocycles. The molecule has 0 amide bonds. The lowest BCUT2D eigenvalue weighted by Gasteiger charge is -2.36. The molecule has 1 aliphatic heterocycles. The zero-order chi connectivity index (χ0) is 15.2. The maximum absolute atomic E-state index is 14.1. The van der Waals surface area contributed by atoms with Gasteiger partial charge < -0.3 is 10.1 Å². The Morgan fingerprint density at radius 3 is 3.00 bits per heavy atom. The Hall–Kier alpha value is -0.560. The summed E-state index contributed by atoms with van der Waals surface area (Å²) in [7, 11) is 0. The molecule has 0 bridgehead atoms. The lowest BCUT2D eigenvalue weighted by molar-refractivity contribution is -0.0117. The Labute approximate surface area is 132 Å². The van der Waals surface area contributed by atoms with Crippen LogP contribution in [0.2, 0.25) is 0 Å². The first-order chi connectivity index (χ1) is 10.1. The van der Waals surface area contributed by atoms with E-state index in [1.54, 1.807) is 0 Å². The molecule has 1 unspecified atom stereocenters. The van der Waals surface area contributed by atoms with Gasteiger partial charge in [-0.2, -0.15) is 0 Å². The summed E-state index contributed by atoms with van der Waals surface area (Å²) >= 11 is 3.11. The lowest BCUT2D eigenvalue weighted by atomic mass is 10.1. The summed E-state index contributed by atoms with van der Waals surface area (Å²) in [6, 6.07) is 2.84. The molecule has 118 valence electrons. The summed E-state index contributed by atoms with van der Waals surface area (Å²) in [5, 5.41) is 3.34. The van der Waals surface area contributed by atoms with Crippen LogP contribution < -0.4 is 5.32 Å². The highest BCUT2D eigenvalue weighted by molar-refractivity contribution is 9.10. The number of nitrogens with one attached hydrogen (secondary N) is 1. The van der Waals surface area contributed by atoms with Crippen LogP contribution in [-0.2, 0) is 11.3 Å². The van der Waals surface area contributed by atoms with Crippen molar-refractivity contribution in [1.29, 1.82) is 0 Å². The summed E-state index contributed by atoms with van der Waals surface area (Å²) in [6.07, 6.45) is 1.06. The van der Waals surface area contributed by atoms with Gasteiger partial charge in [0, 0.05) is 31.2 Å². The van der Waals surface area contributed by atoms with Crippen LogP contribution in [0.15, 0.2) is 16.6 Å². The van der Waals surface area contributed by atoms with Crippen LogP contribution in [0.25, 0.3) is 0 Å². The molecule has 1 heterocycles. The third-order valence-corrected chi connectivity index (χ3v) is 4.27. The van der Waals surface area contributed by atoms with Crippen LogP contribution >= 0.6 is 15.9 Å². The number of morpholine rings is 1. The van der Waals surface area contributed by atoms with Crippen molar-refractivity contribution >= 4 is 15.9 Å². The van der Waals surface area contributed by atoms with Gasteiger partial charge in [0.1, 0.15) is 11.6 Å². The van der Waals surface area contributed by atoms with Gasteiger partial charge in [-0.25, -0.2) is 8.78 Å². The summed E-state index contributed by atoms with van der Waals surface area (Å²) in [5.41, 5.74) is 0.117. The topological polar surface area (TPSA) is 24.5 Å². The molecule has 2 rings (SSSR count). The molecule has 1 atom stereocenters. The Balaban J connectivity index is 2.07. The summed E-state index contributed by atoms with van der Waals surface area (Å²) < 4.78 is 33.8. The minimum atomic E-state index is -0.512. The second-order valence-corrected chi connectivity index (χ2v) is 6.08. The van der Waals surface area contributed by atoms with Crippen molar-refractivity contribution in [2.45, 2.75) is 25.9 Å². The average Bonchev–Trinajstić information content (AvgIpc) is 2.49. The fourth-order valence-electron chi connectivity index (χ4n) is 2.45. The van der Waals surface area contributed by atoms with Crippen molar-refractivity contribution in [3.05, 3.63) is 33.8 Å². The number of benzene rings is 1. The van der Waals surface area contributed by atoms with Gasteiger partial charge in [-0.3, -0.25) is 4.90 Å². The van der Waals surface area contributed by atoms with Gasteiger partial charge in [0.2, 0.25) is 0 Å². The fourth-order valence-corrected chi connectivity index (χ4v) is 2.82. The van der Waals surface area contributed by atoms with Crippen LogP contribution in [-0.4, -0.2) is 43.8 Å². The van der Waals surface area contributed by atoms with Crippen molar-refractivity contribution in [1.82, 2.24) is 10.2 Å². The minimum absolute atomic E-state index is 0.117. The largest absolute Gasteiger partial charge is 0.378 e. The molecule has 6 heteroatoms. The predicted molar refractivity (Wildman–Crippen MR) is 82.2 cm³/mol. The number of hydrogen-bond donors (Lipinski definition) is 1. The molecule has 3 nitrogen and oxygen atoms in total. The molecule has 1 saturated heterocycles. The zero-order valence-corrected chi connectivity index (χ0v) is 13.8. The van der Waals surface area contributed by atoms with E-state index in [1.807, 2.05) is 0 Å². The molecule has 0 aromatic heterocycles. The molecule has 1 aromatic carbocycles. The molecule has 0 radical (unpaired) electrons. The predicted octanol–water partition coefficient (Wildman–Crippen LogP) is 2.93. The molecule has 0 aliphatic carbocycles. The highest BCUT2D eigenvalue weighted by Gasteiger charge is 2.25. The first kappa shape index (κ1) is 16.8. The Bertz CT molecular complexity index is 473. The van der Waals surface area contributed by atoms with E-state index < -0.39 is 11.6 Å². The van der Waals surface area contributed by atoms with Crippen molar-refractivity contribution < 1.29 is 13.5 Å². The van der Waals surface area contributed by atoms with Crippen LogP contribution in [0.4, 0.5) is 8.78 Å². The van der Waals surface area contributed by atoms with E-state index in [-0.39, 0.29) is 18.2 Å². The smallest absolute Gasteiger partial charge is 0.144 e. The van der Waals surface area contributed by atoms with Gasteiger partial charge in [-0.1, -0.05) is 6.92 Å². The van der Waals surface area contributed by atoms with Crippen LogP contribution in [0.1, 0.15) is 18.9 Å². The van der Waals surface area contributed by atoms with Crippen molar-refractivity contribution in [2.75, 3.05) is 32.8 Å². The van der Waals surface area contributed by atoms with E-state index in [1.165, 1.54) is 12.1 Å². The van der Waals surface area contributed by atoms with E-state index in [0.29, 0.717) is 24.2 Å². The van der Waals surface area contributed by atoms with Gasteiger partial charge in [0.05, 0.1) is 17.7 Å². The van der Waals surface area contributed by atoms with Crippen LogP contribution in [0.3, 0.4) is 0 Å². The third-order valence-electron chi connectivity index (χ3n) is 3.66. The minimum Gasteiger partial charge on any atom is -0.378 e. The molecule has 0 spiro atoms. The first-order valence-electron chi connectivity index (χ1n) is 7.28. The third kappa shape index (κ3) is 4.45. The molecular weight excluding hydrogens is 342 g/mol. The number of hydrogen-bond acceptors (Lipinski definition) is 3. The fraction of sp³-hybridized carbons (Fsp3) is 0.600. The van der Waals surface area contributed by atoms with E-state index in [4.69, 9.17) is 4.74 Å². The van der Waals surface area contributed by atoms with Crippen LogP contribution in [0, 0.1) is 11.6 Å². The van der Waals surface area contributed by atoms with Gasteiger partial charge in [-0.15, -0.1) is 0 Å². The molecule has 1 aliphatic rings. The lowest BCUT2D eigenvalue weighted by Crippen LogP contribution is -2.50. The van der Waals surface area contributed by atoms with Gasteiger partial charge in [0.25, 0.3) is 0 Å². The number of halogens is 3. The maximum Gasteiger partial charge on any atom is 0.144 e. The van der Waals surface area contributed by atoms with E-state index in [0.717, 1.165) is 19.5 Å². The molecular formula is C15H21BrF2N2O. The first-order valence-corrected chi connectivity index (χ1v) is 8.07. The van der Waals surface area contributed by atoms with Crippen molar-refractivity contribution in [3.63, 3.8) is 0 Å².